The summed E-state index contributed by atoms with van der Waals surface area (Å²) >= 11 is 3.84. The molecule has 3 aromatic rings. The van der Waals surface area contributed by atoms with Crippen molar-refractivity contribution in [2.75, 3.05) is 16.8 Å². The standard InChI is InChI=1S/C20H19N3O3S2/c24-17(21-14-5-3-4-13(12-14)19-27-10-11-28-19)8-9-23-16-7-2-1-6-15(16)18(25)22-20(23)26/h1-7,12,19H,8-11H2,(H,21,24)(H,22,25,26). The number of rotatable bonds is 5. The molecule has 0 saturated carbocycles. The Morgan fingerprint density at radius 1 is 1.11 bits per heavy atom. The first kappa shape index (κ1) is 18.9. The van der Waals surface area contributed by atoms with Crippen LogP contribution in [0.2, 0.25) is 0 Å². The smallest absolute Gasteiger partial charge is 0.326 e. The molecule has 1 amide bonds. The summed E-state index contributed by atoms with van der Waals surface area (Å²) in [5, 5.41) is 3.34. The van der Waals surface area contributed by atoms with Crippen LogP contribution in [0, 0.1) is 0 Å². The number of aromatic amines is 1. The molecule has 4 rings (SSSR count). The first-order chi connectivity index (χ1) is 13.6. The summed E-state index contributed by atoms with van der Waals surface area (Å²) in [5.74, 6) is 2.12. The van der Waals surface area contributed by atoms with Crippen LogP contribution in [-0.4, -0.2) is 27.0 Å². The van der Waals surface area contributed by atoms with E-state index in [-0.39, 0.29) is 18.9 Å². The normalized spacial score (nSPS) is 14.4. The zero-order chi connectivity index (χ0) is 19.5. The number of anilines is 1. The topological polar surface area (TPSA) is 84.0 Å². The van der Waals surface area contributed by atoms with Crippen molar-refractivity contribution in [3.63, 3.8) is 0 Å². The lowest BCUT2D eigenvalue weighted by Gasteiger charge is -2.12. The van der Waals surface area contributed by atoms with Crippen LogP contribution < -0.4 is 16.6 Å². The lowest BCUT2D eigenvalue weighted by Crippen LogP contribution is -2.31. The van der Waals surface area contributed by atoms with Gasteiger partial charge in [-0.1, -0.05) is 24.3 Å². The third-order valence-electron chi connectivity index (χ3n) is 4.53. The Balaban J connectivity index is 1.47. The minimum atomic E-state index is -0.506. The molecule has 2 heterocycles. The maximum Gasteiger partial charge on any atom is 0.328 e. The fourth-order valence-corrected chi connectivity index (χ4v) is 6.05. The van der Waals surface area contributed by atoms with E-state index in [4.69, 9.17) is 0 Å². The van der Waals surface area contributed by atoms with Gasteiger partial charge in [-0.3, -0.25) is 19.1 Å². The van der Waals surface area contributed by atoms with E-state index < -0.39 is 11.2 Å². The predicted octanol–water partition coefficient (Wildman–Crippen LogP) is 3.20. The SMILES string of the molecule is O=C(CCn1c(=O)[nH]c(=O)c2ccccc21)Nc1cccc(C2SCCS2)c1. The van der Waals surface area contributed by atoms with Crippen LogP contribution >= 0.6 is 23.5 Å². The molecule has 0 bridgehead atoms. The maximum absolute atomic E-state index is 12.4. The van der Waals surface area contributed by atoms with Crippen molar-refractivity contribution >= 4 is 46.0 Å². The number of benzene rings is 2. The second kappa shape index (κ2) is 8.28. The highest BCUT2D eigenvalue weighted by Crippen LogP contribution is 2.45. The highest BCUT2D eigenvalue weighted by atomic mass is 32.2. The number of hydrogen-bond acceptors (Lipinski definition) is 5. The molecule has 1 aliphatic heterocycles. The van der Waals surface area contributed by atoms with Crippen molar-refractivity contribution in [2.24, 2.45) is 0 Å². The van der Waals surface area contributed by atoms with E-state index in [0.717, 1.165) is 17.2 Å². The summed E-state index contributed by atoms with van der Waals surface area (Å²) < 4.78 is 1.85. The van der Waals surface area contributed by atoms with Crippen LogP contribution in [-0.2, 0) is 11.3 Å². The number of hydrogen-bond donors (Lipinski definition) is 2. The average Bonchev–Trinajstić information content (AvgIpc) is 3.23. The quantitative estimate of drug-likeness (QED) is 0.671. The van der Waals surface area contributed by atoms with Gasteiger partial charge in [0.05, 0.1) is 15.5 Å². The van der Waals surface area contributed by atoms with Crippen LogP contribution in [0.3, 0.4) is 0 Å². The van der Waals surface area contributed by atoms with Crippen molar-refractivity contribution in [1.82, 2.24) is 9.55 Å². The zero-order valence-corrected chi connectivity index (χ0v) is 16.6. The summed E-state index contributed by atoms with van der Waals surface area (Å²) in [6, 6.07) is 14.8. The molecule has 6 nitrogen and oxygen atoms in total. The molecular weight excluding hydrogens is 394 g/mol. The summed E-state index contributed by atoms with van der Waals surface area (Å²) in [5.41, 5.74) is 1.57. The summed E-state index contributed by atoms with van der Waals surface area (Å²) in [6.07, 6.45) is 0.132. The van der Waals surface area contributed by atoms with Gasteiger partial charge in [0.25, 0.3) is 5.56 Å². The van der Waals surface area contributed by atoms with E-state index in [0.29, 0.717) is 15.5 Å². The van der Waals surface area contributed by atoms with E-state index in [2.05, 4.69) is 16.4 Å². The Morgan fingerprint density at radius 2 is 1.89 bits per heavy atom. The van der Waals surface area contributed by atoms with Crippen molar-refractivity contribution < 1.29 is 4.79 Å². The Kier molecular flexibility index (Phi) is 5.59. The number of H-pyrrole nitrogens is 1. The zero-order valence-electron chi connectivity index (χ0n) is 15.0. The van der Waals surface area contributed by atoms with Crippen LogP contribution in [0.15, 0.2) is 58.1 Å². The molecule has 1 aromatic heterocycles. The fourth-order valence-electron chi connectivity index (χ4n) is 3.22. The molecule has 1 saturated heterocycles. The van der Waals surface area contributed by atoms with Gasteiger partial charge in [0.1, 0.15) is 0 Å². The van der Waals surface area contributed by atoms with E-state index >= 15 is 0 Å². The third-order valence-corrected chi connectivity index (χ3v) is 7.64. The second-order valence-electron chi connectivity index (χ2n) is 6.43. The lowest BCUT2D eigenvalue weighted by molar-refractivity contribution is -0.116. The van der Waals surface area contributed by atoms with Gasteiger partial charge < -0.3 is 5.32 Å². The molecule has 0 unspecified atom stereocenters. The van der Waals surface area contributed by atoms with E-state index in [1.54, 1.807) is 24.3 Å². The van der Waals surface area contributed by atoms with Gasteiger partial charge in [-0.25, -0.2) is 4.79 Å². The van der Waals surface area contributed by atoms with Gasteiger partial charge in [0.15, 0.2) is 0 Å². The second-order valence-corrected chi connectivity index (χ2v) is 9.15. The Labute approximate surface area is 169 Å². The predicted molar refractivity (Wildman–Crippen MR) is 116 cm³/mol. The number of carbonyl (C=O) groups is 1. The summed E-state index contributed by atoms with van der Waals surface area (Å²) in [6.45, 7) is 0.190. The average molecular weight is 414 g/mol. The Morgan fingerprint density at radius 3 is 2.71 bits per heavy atom. The molecule has 2 aromatic carbocycles. The van der Waals surface area contributed by atoms with Crippen molar-refractivity contribution in [1.29, 1.82) is 0 Å². The van der Waals surface area contributed by atoms with Crippen molar-refractivity contribution in [2.45, 2.75) is 17.5 Å². The van der Waals surface area contributed by atoms with Crippen LogP contribution in [0.5, 0.6) is 0 Å². The van der Waals surface area contributed by atoms with Gasteiger partial charge in [-0.2, -0.15) is 0 Å². The number of fused-ring (bicyclic) bond motifs is 1. The molecule has 28 heavy (non-hydrogen) atoms. The minimum Gasteiger partial charge on any atom is -0.326 e. The van der Waals surface area contributed by atoms with Crippen LogP contribution in [0.25, 0.3) is 10.9 Å². The van der Waals surface area contributed by atoms with Crippen LogP contribution in [0.1, 0.15) is 16.6 Å². The van der Waals surface area contributed by atoms with Gasteiger partial charge in [0.2, 0.25) is 5.91 Å². The largest absolute Gasteiger partial charge is 0.328 e. The van der Waals surface area contributed by atoms with E-state index in [1.165, 1.54) is 10.1 Å². The molecule has 144 valence electrons. The third kappa shape index (κ3) is 4.02. The fraction of sp³-hybridized carbons (Fsp3) is 0.250. The highest BCUT2D eigenvalue weighted by molar-refractivity contribution is 8.19. The molecular formula is C20H19N3O3S2. The molecule has 0 radical (unpaired) electrons. The lowest BCUT2D eigenvalue weighted by atomic mass is 10.2. The summed E-state index contributed by atoms with van der Waals surface area (Å²) in [7, 11) is 0. The number of carbonyl (C=O) groups excluding carboxylic acids is 1. The minimum absolute atomic E-state index is 0.132. The van der Waals surface area contributed by atoms with Gasteiger partial charge in [-0.05, 0) is 29.8 Å². The monoisotopic (exact) mass is 413 g/mol. The molecule has 0 spiro atoms. The maximum atomic E-state index is 12.4. The molecule has 8 heteroatoms. The molecule has 0 atom stereocenters. The number of nitrogens with one attached hydrogen (secondary N) is 2. The number of para-hydroxylation sites is 1. The summed E-state index contributed by atoms with van der Waals surface area (Å²) in [4.78, 5) is 38.8. The highest BCUT2D eigenvalue weighted by Gasteiger charge is 2.18. The van der Waals surface area contributed by atoms with Gasteiger partial charge in [0, 0.05) is 30.2 Å². The van der Waals surface area contributed by atoms with Crippen LogP contribution in [0.4, 0.5) is 5.69 Å². The first-order valence-corrected chi connectivity index (χ1v) is 11.1. The number of amides is 1. The number of aromatic nitrogens is 2. The van der Waals surface area contributed by atoms with E-state index in [1.807, 2.05) is 41.7 Å². The van der Waals surface area contributed by atoms with Crippen molar-refractivity contribution in [3.05, 3.63) is 74.9 Å². The van der Waals surface area contributed by atoms with Gasteiger partial charge >= 0.3 is 5.69 Å². The number of thioether (sulfide) groups is 2. The van der Waals surface area contributed by atoms with Gasteiger partial charge in [-0.15, -0.1) is 23.5 Å². The van der Waals surface area contributed by atoms with E-state index in [9.17, 15) is 14.4 Å². The molecule has 1 aliphatic rings. The van der Waals surface area contributed by atoms with Crippen molar-refractivity contribution in [3.8, 4) is 0 Å². The number of nitrogens with zero attached hydrogens (tertiary/aromatic N) is 1. The molecule has 1 fully saturated rings. The number of aryl methyl sites for hydroxylation is 1. The first-order valence-electron chi connectivity index (χ1n) is 8.97. The molecule has 0 aliphatic carbocycles. The Hall–Kier alpha value is -2.45. The molecule has 2 N–H and O–H groups in total. The Bertz CT molecular complexity index is 1130.